The van der Waals surface area contributed by atoms with Crippen molar-refractivity contribution in [1.82, 2.24) is 9.55 Å². The molecule has 0 N–H and O–H groups in total. The first-order chi connectivity index (χ1) is 7.68. The van der Waals surface area contributed by atoms with Crippen molar-refractivity contribution >= 4 is 0 Å². The average molecular weight is 216 g/mol. The topological polar surface area (TPSA) is 27.1 Å². The van der Waals surface area contributed by atoms with Gasteiger partial charge in [0.1, 0.15) is 12.4 Å². The standard InChI is InChI=1S/C13H16N2O/c1-10-5-4-6-11(2)13(10)16-8-12-7-14-9-15(12)3/h4-7,9H,8H2,1-3H3. The largest absolute Gasteiger partial charge is 0.487 e. The van der Waals surface area contributed by atoms with E-state index in [4.69, 9.17) is 4.74 Å². The molecule has 0 saturated carbocycles. The van der Waals surface area contributed by atoms with Crippen LogP contribution in [-0.2, 0) is 13.7 Å². The lowest BCUT2D eigenvalue weighted by Gasteiger charge is -2.11. The van der Waals surface area contributed by atoms with Crippen LogP contribution in [0, 0.1) is 13.8 Å². The molecule has 0 amide bonds. The van der Waals surface area contributed by atoms with Gasteiger partial charge in [0.25, 0.3) is 0 Å². The van der Waals surface area contributed by atoms with Crippen LogP contribution in [0.2, 0.25) is 0 Å². The van der Waals surface area contributed by atoms with E-state index in [-0.39, 0.29) is 0 Å². The van der Waals surface area contributed by atoms with Crippen LogP contribution in [0.5, 0.6) is 5.75 Å². The molecule has 3 heteroatoms. The summed E-state index contributed by atoms with van der Waals surface area (Å²) in [5, 5.41) is 0. The summed E-state index contributed by atoms with van der Waals surface area (Å²) in [6.45, 7) is 4.68. The predicted molar refractivity (Wildman–Crippen MR) is 63.5 cm³/mol. The van der Waals surface area contributed by atoms with Crippen molar-refractivity contribution in [3.8, 4) is 5.75 Å². The van der Waals surface area contributed by atoms with Gasteiger partial charge in [0.15, 0.2) is 0 Å². The van der Waals surface area contributed by atoms with Crippen LogP contribution in [-0.4, -0.2) is 9.55 Å². The highest BCUT2D eigenvalue weighted by Gasteiger charge is 2.04. The Kier molecular flexibility index (Phi) is 2.95. The summed E-state index contributed by atoms with van der Waals surface area (Å²) < 4.78 is 7.80. The molecule has 2 aromatic rings. The zero-order valence-electron chi connectivity index (χ0n) is 9.90. The molecule has 84 valence electrons. The molecular weight excluding hydrogens is 200 g/mol. The monoisotopic (exact) mass is 216 g/mol. The fraction of sp³-hybridized carbons (Fsp3) is 0.308. The van der Waals surface area contributed by atoms with Gasteiger partial charge in [0, 0.05) is 7.05 Å². The minimum atomic E-state index is 0.558. The van der Waals surface area contributed by atoms with Crippen LogP contribution >= 0.6 is 0 Å². The molecule has 1 aromatic heterocycles. The van der Waals surface area contributed by atoms with Crippen LogP contribution in [0.1, 0.15) is 16.8 Å². The fourth-order valence-corrected chi connectivity index (χ4v) is 1.70. The predicted octanol–water partition coefficient (Wildman–Crippen LogP) is 2.62. The summed E-state index contributed by atoms with van der Waals surface area (Å²) in [5.74, 6) is 0.976. The third kappa shape index (κ3) is 2.08. The van der Waals surface area contributed by atoms with Crippen molar-refractivity contribution in [1.29, 1.82) is 0 Å². The van der Waals surface area contributed by atoms with Crippen LogP contribution in [0.4, 0.5) is 0 Å². The highest BCUT2D eigenvalue weighted by atomic mass is 16.5. The Labute approximate surface area is 95.7 Å². The number of benzene rings is 1. The minimum absolute atomic E-state index is 0.558. The van der Waals surface area contributed by atoms with Gasteiger partial charge in [-0.05, 0) is 25.0 Å². The van der Waals surface area contributed by atoms with Crippen molar-refractivity contribution in [3.63, 3.8) is 0 Å². The van der Waals surface area contributed by atoms with Crippen LogP contribution < -0.4 is 4.74 Å². The van der Waals surface area contributed by atoms with E-state index in [9.17, 15) is 0 Å². The first-order valence-corrected chi connectivity index (χ1v) is 5.32. The van der Waals surface area contributed by atoms with Crippen LogP contribution in [0.3, 0.4) is 0 Å². The molecule has 3 nitrogen and oxygen atoms in total. The van der Waals surface area contributed by atoms with Crippen LogP contribution in [0.15, 0.2) is 30.7 Å². The smallest absolute Gasteiger partial charge is 0.130 e. The lowest BCUT2D eigenvalue weighted by Crippen LogP contribution is -2.03. The van der Waals surface area contributed by atoms with E-state index in [1.165, 1.54) is 11.1 Å². The SMILES string of the molecule is Cc1cccc(C)c1OCc1cncn1C. The maximum atomic E-state index is 5.83. The van der Waals surface area contributed by atoms with Gasteiger partial charge in [-0.15, -0.1) is 0 Å². The second kappa shape index (κ2) is 4.39. The second-order valence-electron chi connectivity index (χ2n) is 4.01. The molecule has 0 aliphatic heterocycles. The Morgan fingerprint density at radius 2 is 1.94 bits per heavy atom. The molecule has 0 saturated heterocycles. The second-order valence-corrected chi connectivity index (χ2v) is 4.01. The van der Waals surface area contributed by atoms with Crippen molar-refractivity contribution < 1.29 is 4.74 Å². The van der Waals surface area contributed by atoms with E-state index in [2.05, 4.69) is 31.0 Å². The van der Waals surface area contributed by atoms with Crippen LogP contribution in [0.25, 0.3) is 0 Å². The number of rotatable bonds is 3. The molecule has 0 atom stereocenters. The van der Waals surface area contributed by atoms with E-state index >= 15 is 0 Å². The van der Waals surface area contributed by atoms with Gasteiger partial charge in [0.05, 0.1) is 18.2 Å². The quantitative estimate of drug-likeness (QED) is 0.788. The summed E-state index contributed by atoms with van der Waals surface area (Å²) in [6, 6.07) is 6.17. The molecule has 0 radical (unpaired) electrons. The van der Waals surface area contributed by atoms with Crippen molar-refractivity contribution in [3.05, 3.63) is 47.5 Å². The Bertz CT molecular complexity index is 468. The molecule has 0 unspecified atom stereocenters. The maximum Gasteiger partial charge on any atom is 0.130 e. The van der Waals surface area contributed by atoms with Gasteiger partial charge in [0.2, 0.25) is 0 Å². The number of aryl methyl sites for hydroxylation is 3. The van der Waals surface area contributed by atoms with Crippen molar-refractivity contribution in [2.24, 2.45) is 7.05 Å². The fourth-order valence-electron chi connectivity index (χ4n) is 1.70. The number of nitrogens with zero attached hydrogens (tertiary/aromatic N) is 2. The number of hydrogen-bond donors (Lipinski definition) is 0. The lowest BCUT2D eigenvalue weighted by atomic mass is 10.1. The van der Waals surface area contributed by atoms with Crippen molar-refractivity contribution in [2.75, 3.05) is 0 Å². The average Bonchev–Trinajstić information content (AvgIpc) is 2.64. The highest BCUT2D eigenvalue weighted by Crippen LogP contribution is 2.23. The summed E-state index contributed by atoms with van der Waals surface area (Å²) in [6.07, 6.45) is 3.61. The molecule has 0 aliphatic carbocycles. The van der Waals surface area contributed by atoms with Crippen molar-refractivity contribution in [2.45, 2.75) is 20.5 Å². The Hall–Kier alpha value is -1.77. The molecule has 1 heterocycles. The third-order valence-corrected chi connectivity index (χ3v) is 2.69. The zero-order valence-corrected chi connectivity index (χ0v) is 9.90. The van der Waals surface area contributed by atoms with E-state index < -0.39 is 0 Å². The summed E-state index contributed by atoms with van der Waals surface area (Å²) in [4.78, 5) is 4.06. The van der Waals surface area contributed by atoms with E-state index in [1.54, 1.807) is 6.33 Å². The number of aromatic nitrogens is 2. The Morgan fingerprint density at radius 1 is 1.25 bits per heavy atom. The highest BCUT2D eigenvalue weighted by molar-refractivity contribution is 5.39. The summed E-state index contributed by atoms with van der Waals surface area (Å²) in [5.41, 5.74) is 3.41. The molecule has 0 aliphatic rings. The maximum absolute atomic E-state index is 5.83. The third-order valence-electron chi connectivity index (χ3n) is 2.69. The number of hydrogen-bond acceptors (Lipinski definition) is 2. The molecule has 1 aromatic carbocycles. The van der Waals surface area contributed by atoms with Gasteiger partial charge in [-0.1, -0.05) is 18.2 Å². The molecular formula is C13H16N2O. The number of para-hydroxylation sites is 1. The van der Waals surface area contributed by atoms with Gasteiger partial charge in [-0.25, -0.2) is 4.98 Å². The van der Waals surface area contributed by atoms with E-state index in [0.29, 0.717) is 6.61 Å². The zero-order chi connectivity index (χ0) is 11.5. The Morgan fingerprint density at radius 3 is 2.50 bits per heavy atom. The molecule has 0 spiro atoms. The minimum Gasteiger partial charge on any atom is -0.487 e. The first kappa shape index (κ1) is 10.7. The van der Waals surface area contributed by atoms with Gasteiger partial charge >= 0.3 is 0 Å². The van der Waals surface area contributed by atoms with Gasteiger partial charge in [-0.3, -0.25) is 0 Å². The first-order valence-electron chi connectivity index (χ1n) is 5.32. The Balaban J connectivity index is 2.14. The van der Waals surface area contributed by atoms with Gasteiger partial charge in [-0.2, -0.15) is 0 Å². The molecule has 16 heavy (non-hydrogen) atoms. The lowest BCUT2D eigenvalue weighted by molar-refractivity contribution is 0.293. The summed E-state index contributed by atoms with van der Waals surface area (Å²) >= 11 is 0. The summed E-state index contributed by atoms with van der Waals surface area (Å²) in [7, 11) is 1.97. The van der Waals surface area contributed by atoms with E-state index in [1.807, 2.05) is 23.9 Å². The van der Waals surface area contributed by atoms with Gasteiger partial charge < -0.3 is 9.30 Å². The molecule has 2 rings (SSSR count). The number of imidazole rings is 1. The molecule has 0 fully saturated rings. The normalized spacial score (nSPS) is 10.4. The molecule has 0 bridgehead atoms. The van der Waals surface area contributed by atoms with E-state index in [0.717, 1.165) is 11.4 Å². The number of ether oxygens (including phenoxy) is 1.